The van der Waals surface area contributed by atoms with E-state index in [4.69, 9.17) is 0 Å². The van der Waals surface area contributed by atoms with Crippen LogP contribution in [0.2, 0.25) is 0 Å². The van der Waals surface area contributed by atoms with Crippen LogP contribution in [0.15, 0.2) is 84.1 Å². The predicted octanol–water partition coefficient (Wildman–Crippen LogP) is 6.46. The molecule has 0 aliphatic rings. The van der Waals surface area contributed by atoms with Crippen LogP contribution < -0.4 is 10.7 Å². The Morgan fingerprint density at radius 3 is 2.52 bits per heavy atom. The summed E-state index contributed by atoms with van der Waals surface area (Å²) in [5.74, 6) is 1.09. The van der Waals surface area contributed by atoms with E-state index in [0.29, 0.717) is 18.1 Å². The lowest BCUT2D eigenvalue weighted by Gasteiger charge is -2.12. The topological polar surface area (TPSA) is 70.4 Å². The quantitative estimate of drug-likeness (QED) is 0.120. The van der Waals surface area contributed by atoms with Crippen molar-refractivity contribution >= 4 is 39.8 Å². The van der Waals surface area contributed by atoms with Crippen LogP contribution in [0.4, 0.5) is 24.9 Å². The second-order valence-electron chi connectivity index (χ2n) is 9.79. The van der Waals surface area contributed by atoms with Crippen LogP contribution in [0.1, 0.15) is 23.1 Å². The number of fused-ring (bicyclic) bond motifs is 2. The van der Waals surface area contributed by atoms with E-state index in [1.54, 1.807) is 12.3 Å². The first-order valence-corrected chi connectivity index (χ1v) is 13.0. The molecule has 0 atom stereocenters. The summed E-state index contributed by atoms with van der Waals surface area (Å²) < 4.78 is 41.6. The van der Waals surface area contributed by atoms with Crippen molar-refractivity contribution in [2.75, 3.05) is 37.9 Å². The number of hydrazone groups is 1. The molecule has 0 saturated heterocycles. The molecule has 0 bridgehead atoms. The molecule has 0 unspecified atom stereocenters. The Balaban J connectivity index is 1.37. The van der Waals surface area contributed by atoms with Crippen molar-refractivity contribution in [1.82, 2.24) is 19.4 Å². The van der Waals surface area contributed by atoms with Crippen molar-refractivity contribution in [3.05, 3.63) is 95.7 Å². The number of hydrogen-bond donors (Lipinski definition) is 2. The first-order chi connectivity index (χ1) is 19.3. The molecular weight excluding hydrogens is 515 g/mol. The van der Waals surface area contributed by atoms with Gasteiger partial charge in [-0.3, -0.25) is 0 Å². The van der Waals surface area contributed by atoms with E-state index in [2.05, 4.69) is 30.7 Å². The van der Waals surface area contributed by atoms with Gasteiger partial charge < -0.3 is 14.8 Å². The van der Waals surface area contributed by atoms with Crippen LogP contribution in [0, 0.1) is 0 Å². The molecule has 2 heterocycles. The number of rotatable bonds is 10. The first kappa shape index (κ1) is 27.1. The van der Waals surface area contributed by atoms with Gasteiger partial charge >= 0.3 is 6.18 Å². The molecule has 0 fully saturated rings. The number of halogens is 3. The van der Waals surface area contributed by atoms with Crippen LogP contribution in [-0.2, 0) is 12.7 Å². The Bertz CT molecular complexity index is 1640. The predicted molar refractivity (Wildman–Crippen MR) is 155 cm³/mol. The van der Waals surface area contributed by atoms with Gasteiger partial charge in [-0.05, 0) is 63.0 Å². The molecule has 0 amide bonds. The van der Waals surface area contributed by atoms with Crippen molar-refractivity contribution in [2.24, 2.45) is 5.10 Å². The third kappa shape index (κ3) is 6.40. The van der Waals surface area contributed by atoms with E-state index in [9.17, 15) is 13.2 Å². The van der Waals surface area contributed by atoms with Crippen LogP contribution in [0.25, 0.3) is 21.8 Å². The van der Waals surface area contributed by atoms with Gasteiger partial charge in [0.05, 0.1) is 17.3 Å². The normalized spacial score (nSPS) is 12.2. The summed E-state index contributed by atoms with van der Waals surface area (Å²) in [6, 6.07) is 20.9. The average molecular weight is 546 g/mol. The fourth-order valence-electron chi connectivity index (χ4n) is 4.57. The van der Waals surface area contributed by atoms with E-state index in [0.717, 1.165) is 58.8 Å². The summed E-state index contributed by atoms with van der Waals surface area (Å²) in [5, 5.41) is 9.68. The number of hydrogen-bond acceptors (Lipinski definition) is 6. The molecule has 0 saturated carbocycles. The highest BCUT2D eigenvalue weighted by Crippen LogP contribution is 2.30. The van der Waals surface area contributed by atoms with Gasteiger partial charge in [-0.15, -0.1) is 0 Å². The maximum Gasteiger partial charge on any atom is 0.416 e. The van der Waals surface area contributed by atoms with Crippen LogP contribution >= 0.6 is 0 Å². The zero-order valence-electron chi connectivity index (χ0n) is 22.3. The van der Waals surface area contributed by atoms with Gasteiger partial charge in [0.1, 0.15) is 5.82 Å². The number of nitrogens with zero attached hydrogens (tertiary/aromatic N) is 5. The van der Waals surface area contributed by atoms with Gasteiger partial charge in [-0.1, -0.05) is 42.5 Å². The summed E-state index contributed by atoms with van der Waals surface area (Å²) >= 11 is 0. The zero-order valence-corrected chi connectivity index (χ0v) is 22.3. The highest BCUT2D eigenvalue weighted by atomic mass is 19.4. The molecular formula is C30H30F3N7. The van der Waals surface area contributed by atoms with E-state index in [1.165, 1.54) is 12.1 Å². The molecule has 7 nitrogen and oxygen atoms in total. The summed E-state index contributed by atoms with van der Waals surface area (Å²) in [6.45, 7) is 2.03. The largest absolute Gasteiger partial charge is 0.416 e. The minimum absolute atomic E-state index is 0.294. The number of aromatic nitrogens is 3. The molecule has 206 valence electrons. The molecule has 5 rings (SSSR count). The second-order valence-corrected chi connectivity index (χ2v) is 9.79. The summed E-state index contributed by atoms with van der Waals surface area (Å²) in [7, 11) is 4.09. The Morgan fingerprint density at radius 1 is 0.950 bits per heavy atom. The molecule has 10 heteroatoms. The fraction of sp³-hybridized carbons (Fsp3) is 0.233. The lowest BCUT2D eigenvalue weighted by molar-refractivity contribution is -0.137. The Kier molecular flexibility index (Phi) is 7.97. The lowest BCUT2D eigenvalue weighted by Crippen LogP contribution is -2.17. The Hall–Kier alpha value is -4.44. The summed E-state index contributed by atoms with van der Waals surface area (Å²) in [4.78, 5) is 11.4. The van der Waals surface area contributed by atoms with Crippen LogP contribution in [0.3, 0.4) is 0 Å². The molecule has 2 aromatic heterocycles. The zero-order chi connectivity index (χ0) is 28.1. The maximum absolute atomic E-state index is 13.2. The highest BCUT2D eigenvalue weighted by molar-refractivity contribution is 5.99. The monoisotopic (exact) mass is 545 g/mol. The molecule has 2 N–H and O–H groups in total. The van der Waals surface area contributed by atoms with E-state index in [1.807, 2.05) is 73.4 Å². The number of anilines is 2. The minimum atomic E-state index is -4.38. The van der Waals surface area contributed by atoms with Gasteiger partial charge in [-0.25, -0.2) is 10.4 Å². The van der Waals surface area contributed by atoms with Crippen LogP contribution in [0.5, 0.6) is 0 Å². The number of para-hydroxylation sites is 2. The van der Waals surface area contributed by atoms with E-state index in [-0.39, 0.29) is 0 Å². The second kappa shape index (κ2) is 11.7. The first-order valence-electron chi connectivity index (χ1n) is 13.0. The molecule has 0 aliphatic heterocycles. The lowest BCUT2D eigenvalue weighted by atomic mass is 10.1. The smallest absolute Gasteiger partial charge is 0.369 e. The Morgan fingerprint density at radius 2 is 1.73 bits per heavy atom. The molecule has 3 aromatic carbocycles. The maximum atomic E-state index is 13.2. The van der Waals surface area contributed by atoms with E-state index >= 15 is 0 Å². The molecule has 0 radical (unpaired) electrons. The van der Waals surface area contributed by atoms with Gasteiger partial charge in [0.15, 0.2) is 0 Å². The molecule has 0 aliphatic carbocycles. The van der Waals surface area contributed by atoms with Crippen molar-refractivity contribution in [2.45, 2.75) is 19.1 Å². The third-order valence-corrected chi connectivity index (χ3v) is 6.47. The van der Waals surface area contributed by atoms with Crippen molar-refractivity contribution in [1.29, 1.82) is 0 Å². The standard InChI is InChI=1S/C30H30F3N7/c1-39(2)16-8-15-34-28-25-12-3-5-13-26(25)36-29(37-28)38-35-18-22-20-40(27-14-6-4-11-24(22)27)19-21-9-7-10-23(17-21)30(31,32)33/h3-7,9-14,17-18,20H,8,15-16,19H2,1-2H3,(H2,34,36,37,38)/b35-18+. The molecule has 40 heavy (non-hydrogen) atoms. The number of nitrogens with one attached hydrogen (secondary N) is 2. The van der Waals surface area contributed by atoms with Gasteiger partial charge in [0.2, 0.25) is 5.95 Å². The average Bonchev–Trinajstić information content (AvgIpc) is 3.27. The van der Waals surface area contributed by atoms with Gasteiger partial charge in [0.25, 0.3) is 0 Å². The van der Waals surface area contributed by atoms with Gasteiger partial charge in [-0.2, -0.15) is 23.3 Å². The summed E-state index contributed by atoms with van der Waals surface area (Å²) in [6.07, 6.45) is 0.143. The fourth-order valence-corrected chi connectivity index (χ4v) is 4.57. The molecule has 0 spiro atoms. The van der Waals surface area contributed by atoms with E-state index < -0.39 is 11.7 Å². The third-order valence-electron chi connectivity index (χ3n) is 6.47. The summed E-state index contributed by atoms with van der Waals surface area (Å²) in [5.41, 5.74) is 5.36. The number of benzene rings is 3. The van der Waals surface area contributed by atoms with Crippen LogP contribution in [-0.4, -0.2) is 52.8 Å². The minimum Gasteiger partial charge on any atom is -0.369 e. The van der Waals surface area contributed by atoms with Crippen molar-refractivity contribution in [3.63, 3.8) is 0 Å². The Labute approximate surface area is 230 Å². The molecule has 5 aromatic rings. The number of alkyl halides is 3. The highest BCUT2D eigenvalue weighted by Gasteiger charge is 2.30. The van der Waals surface area contributed by atoms with Gasteiger partial charge in [0, 0.05) is 41.1 Å². The van der Waals surface area contributed by atoms with Crippen molar-refractivity contribution in [3.8, 4) is 0 Å². The van der Waals surface area contributed by atoms with Crippen molar-refractivity contribution < 1.29 is 13.2 Å². The SMILES string of the molecule is CN(C)CCCNc1nc(N/N=C/c2cn(Cc3cccc(C(F)(F)F)c3)c3ccccc23)nc2ccccc12.